The second-order valence-corrected chi connectivity index (χ2v) is 2.34. The van der Waals surface area contributed by atoms with Crippen LogP contribution >= 0.6 is 22.6 Å². The molecular weight excluding hydrogens is 207 g/mol. The zero-order chi connectivity index (χ0) is 5.86. The van der Waals surface area contributed by atoms with Crippen LogP contribution in [0.15, 0.2) is 0 Å². The lowest BCUT2D eigenvalue weighted by Crippen LogP contribution is -2.23. The molecule has 0 aromatic heterocycles. The van der Waals surface area contributed by atoms with Gasteiger partial charge in [0.15, 0.2) is 0 Å². The van der Waals surface area contributed by atoms with Gasteiger partial charge in [-0.2, -0.15) is 0 Å². The third kappa shape index (κ3) is 3.25. The van der Waals surface area contributed by atoms with Gasteiger partial charge < -0.3 is 10.2 Å². The summed E-state index contributed by atoms with van der Waals surface area (Å²) in [5, 5.41) is 17.2. The van der Waals surface area contributed by atoms with Gasteiger partial charge in [-0.15, -0.1) is 0 Å². The van der Waals surface area contributed by atoms with Gasteiger partial charge in [-0.05, 0) is 6.92 Å². The Labute approximate surface area is 56.7 Å². The second-order valence-electron chi connectivity index (χ2n) is 1.46. The Hall–Kier alpha value is 0.650. The van der Waals surface area contributed by atoms with E-state index >= 15 is 0 Å². The Balaban J connectivity index is 3.14. The number of alkyl halides is 1. The normalized spacial score (nSPS) is 18.9. The van der Waals surface area contributed by atoms with Crippen LogP contribution in [0.5, 0.6) is 0 Å². The molecule has 2 N–H and O–H groups in total. The monoisotopic (exact) mass is 216 g/mol. The van der Waals surface area contributed by atoms with E-state index in [1.165, 1.54) is 0 Å². The minimum atomic E-state index is -0.586. The molecule has 0 aliphatic carbocycles. The molecule has 7 heavy (non-hydrogen) atoms. The smallest absolute Gasteiger partial charge is 0.0885 e. The van der Waals surface area contributed by atoms with Crippen molar-refractivity contribution in [2.75, 3.05) is 4.43 Å². The lowest BCUT2D eigenvalue weighted by molar-refractivity contribution is 0.0487. The zero-order valence-electron chi connectivity index (χ0n) is 4.13. The first-order valence-electron chi connectivity index (χ1n) is 2.10. The van der Waals surface area contributed by atoms with Crippen LogP contribution in [0.3, 0.4) is 0 Å². The average molecular weight is 216 g/mol. The molecule has 3 heteroatoms. The SMILES string of the molecule is C[C@@H](O)[C@H](O)CI. The fraction of sp³-hybridized carbons (Fsp3) is 1.00. The molecule has 0 aliphatic heterocycles. The maximum absolute atomic E-state index is 8.68. The van der Waals surface area contributed by atoms with E-state index in [-0.39, 0.29) is 0 Å². The van der Waals surface area contributed by atoms with Crippen LogP contribution in [0.1, 0.15) is 6.92 Å². The number of halogens is 1. The third-order valence-corrected chi connectivity index (χ3v) is 1.62. The highest BCUT2D eigenvalue weighted by Gasteiger charge is 2.06. The van der Waals surface area contributed by atoms with Gasteiger partial charge in [-0.1, -0.05) is 22.6 Å². The maximum atomic E-state index is 8.68. The Morgan fingerprint density at radius 1 is 1.57 bits per heavy atom. The average Bonchev–Trinajstić information content (AvgIpc) is 1.65. The van der Waals surface area contributed by atoms with Gasteiger partial charge >= 0.3 is 0 Å². The van der Waals surface area contributed by atoms with E-state index in [2.05, 4.69) is 0 Å². The summed E-state index contributed by atoms with van der Waals surface area (Å²) in [4.78, 5) is 0. The molecule has 0 aliphatic rings. The summed E-state index contributed by atoms with van der Waals surface area (Å²) in [5.74, 6) is 0. The molecule has 2 nitrogen and oxygen atoms in total. The van der Waals surface area contributed by atoms with Crippen molar-refractivity contribution in [2.45, 2.75) is 19.1 Å². The molecule has 0 fully saturated rings. The molecule has 0 spiro atoms. The summed E-state index contributed by atoms with van der Waals surface area (Å²) >= 11 is 2.02. The molecule has 0 unspecified atom stereocenters. The van der Waals surface area contributed by atoms with Crippen LogP contribution in [0.4, 0.5) is 0 Å². The van der Waals surface area contributed by atoms with Gasteiger partial charge in [0, 0.05) is 4.43 Å². The number of aliphatic hydroxyl groups excluding tert-OH is 2. The summed E-state index contributed by atoms with van der Waals surface area (Å²) < 4.78 is 0.593. The van der Waals surface area contributed by atoms with Crippen molar-refractivity contribution < 1.29 is 10.2 Å². The molecule has 0 radical (unpaired) electrons. The maximum Gasteiger partial charge on any atom is 0.0885 e. The van der Waals surface area contributed by atoms with Crippen LogP contribution in [0.2, 0.25) is 0 Å². The summed E-state index contributed by atoms with van der Waals surface area (Å²) in [6.07, 6.45) is -1.14. The molecule has 44 valence electrons. The van der Waals surface area contributed by atoms with Gasteiger partial charge in [0.05, 0.1) is 12.2 Å². The minimum absolute atomic E-state index is 0.555. The number of hydrogen-bond donors (Lipinski definition) is 2. The molecule has 0 rings (SSSR count). The largest absolute Gasteiger partial charge is 0.391 e. The van der Waals surface area contributed by atoms with Gasteiger partial charge in [-0.3, -0.25) is 0 Å². The Kier molecular flexibility index (Phi) is 3.96. The van der Waals surface area contributed by atoms with E-state index < -0.39 is 12.2 Å². The van der Waals surface area contributed by atoms with Crippen molar-refractivity contribution in [3.05, 3.63) is 0 Å². The van der Waals surface area contributed by atoms with Crippen molar-refractivity contribution in [3.63, 3.8) is 0 Å². The predicted octanol–water partition coefficient (Wildman–Crippen LogP) is 0.163. The van der Waals surface area contributed by atoms with Crippen molar-refractivity contribution in [3.8, 4) is 0 Å². The molecule has 0 saturated heterocycles. The van der Waals surface area contributed by atoms with Gasteiger partial charge in [-0.25, -0.2) is 0 Å². The number of hydrogen-bond acceptors (Lipinski definition) is 2. The first-order valence-corrected chi connectivity index (χ1v) is 3.63. The van der Waals surface area contributed by atoms with Crippen molar-refractivity contribution >= 4 is 22.6 Å². The van der Waals surface area contributed by atoms with Gasteiger partial charge in [0.1, 0.15) is 0 Å². The Bertz CT molecular complexity index is 47.0. The van der Waals surface area contributed by atoms with Crippen LogP contribution in [0.25, 0.3) is 0 Å². The fourth-order valence-electron chi connectivity index (χ4n) is 0.129. The van der Waals surface area contributed by atoms with Crippen LogP contribution < -0.4 is 0 Å². The quantitative estimate of drug-likeness (QED) is 0.510. The molecule has 0 heterocycles. The predicted molar refractivity (Wildman–Crippen MR) is 36.6 cm³/mol. The first-order chi connectivity index (χ1) is 3.18. The molecule has 0 aromatic carbocycles. The van der Waals surface area contributed by atoms with Crippen molar-refractivity contribution in [1.82, 2.24) is 0 Å². The van der Waals surface area contributed by atoms with E-state index in [9.17, 15) is 0 Å². The molecule has 0 amide bonds. The summed E-state index contributed by atoms with van der Waals surface area (Å²) in [6, 6.07) is 0. The summed E-state index contributed by atoms with van der Waals surface area (Å²) in [6.45, 7) is 1.57. The Morgan fingerprint density at radius 3 is 2.00 bits per heavy atom. The number of aliphatic hydroxyl groups is 2. The fourth-order valence-corrected chi connectivity index (χ4v) is 0.865. The zero-order valence-corrected chi connectivity index (χ0v) is 6.29. The second kappa shape index (κ2) is 3.63. The highest BCUT2D eigenvalue weighted by Crippen LogP contribution is 1.95. The lowest BCUT2D eigenvalue weighted by atomic mass is 10.3. The molecule has 2 atom stereocenters. The first kappa shape index (κ1) is 7.65. The molecular formula is C4H9IO2. The van der Waals surface area contributed by atoms with E-state index in [1.54, 1.807) is 6.92 Å². The van der Waals surface area contributed by atoms with Crippen LogP contribution in [0, 0.1) is 0 Å². The minimum Gasteiger partial charge on any atom is -0.391 e. The third-order valence-electron chi connectivity index (χ3n) is 0.715. The Morgan fingerprint density at radius 2 is 2.00 bits per heavy atom. The lowest BCUT2D eigenvalue weighted by Gasteiger charge is -2.07. The highest BCUT2D eigenvalue weighted by molar-refractivity contribution is 14.1. The van der Waals surface area contributed by atoms with Crippen molar-refractivity contribution in [1.29, 1.82) is 0 Å². The van der Waals surface area contributed by atoms with E-state index in [1.807, 2.05) is 22.6 Å². The summed E-state index contributed by atoms with van der Waals surface area (Å²) in [7, 11) is 0. The number of rotatable bonds is 2. The highest BCUT2D eigenvalue weighted by atomic mass is 127. The van der Waals surface area contributed by atoms with Gasteiger partial charge in [0.2, 0.25) is 0 Å². The molecule has 0 aromatic rings. The molecule has 0 saturated carbocycles. The van der Waals surface area contributed by atoms with E-state index in [4.69, 9.17) is 10.2 Å². The standard InChI is InChI=1S/C4H9IO2/c1-3(6)4(7)2-5/h3-4,6-7H,2H2,1H3/t3-,4-/m1/s1. The van der Waals surface area contributed by atoms with Crippen LogP contribution in [-0.4, -0.2) is 26.8 Å². The van der Waals surface area contributed by atoms with E-state index in [0.29, 0.717) is 4.43 Å². The van der Waals surface area contributed by atoms with E-state index in [0.717, 1.165) is 0 Å². The van der Waals surface area contributed by atoms with Gasteiger partial charge in [0.25, 0.3) is 0 Å². The molecule has 0 bridgehead atoms. The topological polar surface area (TPSA) is 40.5 Å². The summed E-state index contributed by atoms with van der Waals surface area (Å²) in [5.41, 5.74) is 0. The van der Waals surface area contributed by atoms with Crippen molar-refractivity contribution in [2.24, 2.45) is 0 Å². The van der Waals surface area contributed by atoms with Crippen LogP contribution in [-0.2, 0) is 0 Å².